The van der Waals surface area contributed by atoms with Crippen molar-refractivity contribution >= 4 is 17.4 Å². The van der Waals surface area contributed by atoms with Crippen LogP contribution < -0.4 is 10.6 Å². The predicted molar refractivity (Wildman–Crippen MR) is 58.0 cm³/mol. The second-order valence-electron chi connectivity index (χ2n) is 2.58. The zero-order valence-electron chi connectivity index (χ0n) is 21.2. The molecule has 0 saturated heterocycles. The summed E-state index contributed by atoms with van der Waals surface area (Å²) < 4.78 is 107. The van der Waals surface area contributed by atoms with Gasteiger partial charge in [0.15, 0.2) is 8.64 Å². The Bertz CT molecular complexity index is 829. The number of nitrogens with zero attached hydrogens (tertiary/aromatic N) is 2. The number of amides is 1. The number of anilines is 2. The van der Waals surface area contributed by atoms with Gasteiger partial charge in [-0.05, 0) is 12.7 Å². The first-order valence-electron chi connectivity index (χ1n) is 10.6. The molecule has 1 aliphatic heterocycles. The van der Waals surface area contributed by atoms with E-state index in [-0.39, 0.29) is 10.6 Å². The monoisotopic (exact) mass is 220 g/mol. The third kappa shape index (κ3) is 1.77. The van der Waals surface area contributed by atoms with Crippen molar-refractivity contribution < 1.29 is 24.1 Å². The van der Waals surface area contributed by atoms with E-state index < -0.39 is 61.9 Å². The number of carbonyl (C=O) groups excluding carboxylic acids is 1. The SMILES string of the molecule is [2H]N1C(=O)C([2H])([2H])N([2H])c2nc(C([2H])([2H])[2H])nc(C([2H])(C([2H])([2H])[2H])C([2H])([2H])[2H])c21. The quantitative estimate of drug-likeness (QED) is 0.748. The number of aromatic nitrogens is 2. The van der Waals surface area contributed by atoms with Crippen LogP contribution in [0.1, 0.15) is 47.6 Å². The Balaban J connectivity index is 3.08. The van der Waals surface area contributed by atoms with Crippen LogP contribution in [0.4, 0.5) is 11.5 Å². The van der Waals surface area contributed by atoms with E-state index in [0.29, 0.717) is 0 Å². The van der Waals surface area contributed by atoms with Crippen LogP contribution in [0.5, 0.6) is 0 Å². The highest BCUT2D eigenvalue weighted by Gasteiger charge is 2.21. The highest BCUT2D eigenvalue weighted by Crippen LogP contribution is 2.30. The highest BCUT2D eigenvalue weighted by atomic mass is 16.2. The molecule has 0 radical (unpaired) electrons. The molecule has 15 heavy (non-hydrogen) atoms. The summed E-state index contributed by atoms with van der Waals surface area (Å²) in [5.41, 5.74) is -2.40. The number of rotatable bonds is 1. The van der Waals surface area contributed by atoms with Gasteiger partial charge in [0.25, 0.3) is 0 Å². The average molecular weight is 220 g/mol. The summed E-state index contributed by atoms with van der Waals surface area (Å²) in [4.78, 5) is 19.0. The van der Waals surface area contributed by atoms with Gasteiger partial charge in [0.05, 0.1) is 14.9 Å². The van der Waals surface area contributed by atoms with Crippen LogP contribution in [-0.2, 0) is 4.79 Å². The molecule has 2 rings (SSSR count). The molecule has 5 nitrogen and oxygen atoms in total. The molecule has 1 aliphatic rings. The lowest BCUT2D eigenvalue weighted by Gasteiger charge is -2.21. The van der Waals surface area contributed by atoms with Gasteiger partial charge in [0, 0.05) is 13.7 Å². The second-order valence-corrected chi connectivity index (χ2v) is 2.58. The minimum absolute atomic E-state index is 0.213. The van der Waals surface area contributed by atoms with Gasteiger partial charge in [-0.1, -0.05) is 13.7 Å². The molecule has 0 bridgehead atoms. The zero-order chi connectivity index (χ0) is 23.0. The molecule has 2 N–H and O–H groups in total. The molecule has 1 amide bonds. The molecular formula is C10H14N4O. The van der Waals surface area contributed by atoms with Gasteiger partial charge in [-0.2, -0.15) is 0 Å². The summed E-state index contributed by atoms with van der Waals surface area (Å²) in [6.45, 7) is -13.7. The largest absolute Gasteiger partial charge is 0.359 e. The van der Waals surface area contributed by atoms with E-state index in [0.717, 1.165) is 0 Å². The summed E-state index contributed by atoms with van der Waals surface area (Å²) in [7, 11) is 0. The van der Waals surface area contributed by atoms with Crippen molar-refractivity contribution in [3.8, 4) is 0 Å². The van der Waals surface area contributed by atoms with Crippen LogP contribution in [0.25, 0.3) is 0 Å². The second kappa shape index (κ2) is 3.49. The van der Waals surface area contributed by atoms with Crippen LogP contribution in [-0.4, -0.2) is 22.4 Å². The van der Waals surface area contributed by atoms with Crippen LogP contribution >= 0.6 is 0 Å². The first-order chi connectivity index (χ1) is 12.7. The van der Waals surface area contributed by atoms with Crippen LogP contribution in [0.15, 0.2) is 0 Å². The first kappa shape index (κ1) is 2.53. The fourth-order valence-corrected chi connectivity index (χ4v) is 1.03. The van der Waals surface area contributed by atoms with Crippen LogP contribution in [0.3, 0.4) is 0 Å². The Morgan fingerprint density at radius 1 is 1.67 bits per heavy atom. The molecule has 0 aromatic carbocycles. The number of hydrogen-bond donors (Lipinski definition) is 2. The average Bonchev–Trinajstić information content (AvgIpc) is 2.53. The molecule has 0 fully saturated rings. The lowest BCUT2D eigenvalue weighted by atomic mass is 10.1. The minimum Gasteiger partial charge on any atom is -0.359 e. The fraction of sp³-hybridized carbons (Fsp3) is 0.500. The summed E-state index contributed by atoms with van der Waals surface area (Å²) in [6, 6.07) is 0. The van der Waals surface area contributed by atoms with Gasteiger partial charge in [-0.3, -0.25) is 4.79 Å². The van der Waals surface area contributed by atoms with Gasteiger partial charge in [0.1, 0.15) is 11.5 Å². The number of hydrogen-bond acceptors (Lipinski definition) is 4. The Kier molecular flexibility index (Phi) is 0.589. The third-order valence-electron chi connectivity index (χ3n) is 1.57. The number of fused-ring (bicyclic) bond motifs is 1. The van der Waals surface area contributed by atoms with Crippen LogP contribution in [0.2, 0.25) is 2.82 Å². The van der Waals surface area contributed by atoms with E-state index in [1.807, 2.05) is 0 Å². The normalized spacial score (nSPS) is 36.1. The summed E-state index contributed by atoms with van der Waals surface area (Å²) in [5.74, 6) is -7.56. The van der Waals surface area contributed by atoms with Crippen molar-refractivity contribution in [2.24, 2.45) is 0 Å². The van der Waals surface area contributed by atoms with Gasteiger partial charge in [-0.25, -0.2) is 9.97 Å². The molecule has 1 aromatic rings. The molecule has 0 saturated carbocycles. The lowest BCUT2D eigenvalue weighted by molar-refractivity contribution is -0.114. The number of carbonyl (C=O) groups is 1. The molecular weight excluding hydrogens is 192 g/mol. The summed E-state index contributed by atoms with van der Waals surface area (Å²) >= 11 is 0. The highest BCUT2D eigenvalue weighted by molar-refractivity contribution is 6.00. The predicted octanol–water partition coefficient (Wildman–Crippen LogP) is 1.27. The van der Waals surface area contributed by atoms with Crippen molar-refractivity contribution in [1.29, 1.82) is 0 Å². The Labute approximate surface area is 108 Å². The van der Waals surface area contributed by atoms with Gasteiger partial charge >= 0.3 is 0 Å². The first-order valence-corrected chi connectivity index (χ1v) is 3.74. The standard InChI is InChI=1S/C10H14N4O/c1-5(2)8-9-10(13-6(3)12-8)11-4-7(15)14-9/h5H,4H2,1-3H3,(H,14,15)(H,11,12,13)/i1D3,2D3,3D3,4D2,5D/hD2. The van der Waals surface area contributed by atoms with E-state index in [9.17, 15) is 4.79 Å². The molecule has 80 valence electrons. The molecule has 5 heteroatoms. The summed E-state index contributed by atoms with van der Waals surface area (Å²) in [6.07, 6.45) is 0. The van der Waals surface area contributed by atoms with Gasteiger partial charge < -0.3 is 10.6 Å². The van der Waals surface area contributed by atoms with Crippen molar-refractivity contribution in [3.63, 3.8) is 0 Å². The van der Waals surface area contributed by atoms with Crippen molar-refractivity contribution in [2.45, 2.75) is 26.4 Å². The molecule has 0 aliphatic carbocycles. The van der Waals surface area contributed by atoms with Crippen molar-refractivity contribution in [3.05, 3.63) is 11.5 Å². The maximum atomic E-state index is 12.2. The minimum atomic E-state index is -3.65. The Hall–Kier alpha value is -1.65. The third-order valence-corrected chi connectivity index (χ3v) is 1.57. The van der Waals surface area contributed by atoms with Crippen molar-refractivity contribution in [1.82, 2.24) is 9.97 Å². The number of aryl methyl sites for hydroxylation is 1. The fourth-order valence-electron chi connectivity index (χ4n) is 1.03. The maximum absolute atomic E-state index is 12.2. The molecule has 1 aromatic heterocycles. The number of nitrogens with one attached hydrogen (secondary N) is 2. The van der Waals surface area contributed by atoms with Gasteiger partial charge in [-0.15, -0.1) is 0 Å². The zero-order valence-corrected chi connectivity index (χ0v) is 7.20. The molecule has 0 unspecified atom stereocenters. The Morgan fingerprint density at radius 3 is 3.27 bits per heavy atom. The Morgan fingerprint density at radius 2 is 2.53 bits per heavy atom. The van der Waals surface area contributed by atoms with Crippen LogP contribution in [0, 0.1) is 6.85 Å². The lowest BCUT2D eigenvalue weighted by Crippen LogP contribution is -2.29. The molecule has 0 atom stereocenters. The topological polar surface area (TPSA) is 66.9 Å². The van der Waals surface area contributed by atoms with E-state index in [1.165, 1.54) is 0 Å². The maximum Gasteiger partial charge on any atom is 0.243 e. The molecule has 0 spiro atoms. The summed E-state index contributed by atoms with van der Waals surface area (Å²) in [5, 5.41) is -0.477. The van der Waals surface area contributed by atoms with E-state index >= 15 is 0 Å². The van der Waals surface area contributed by atoms with E-state index in [4.69, 9.17) is 19.3 Å². The molecule has 2 heterocycles. The van der Waals surface area contributed by atoms with E-state index in [2.05, 4.69) is 9.97 Å². The van der Waals surface area contributed by atoms with Crippen molar-refractivity contribution in [2.75, 3.05) is 17.1 Å². The van der Waals surface area contributed by atoms with E-state index in [1.54, 1.807) is 0 Å². The smallest absolute Gasteiger partial charge is 0.243 e. The van der Waals surface area contributed by atoms with Gasteiger partial charge in [0.2, 0.25) is 5.91 Å².